The van der Waals surface area contributed by atoms with Crippen LogP contribution in [0.1, 0.15) is 98.8 Å². The van der Waals surface area contributed by atoms with Crippen molar-refractivity contribution in [3.63, 3.8) is 0 Å². The fraction of sp³-hybridized carbons (Fsp3) is 0.744. The molecule has 3 fully saturated rings. The van der Waals surface area contributed by atoms with Crippen LogP contribution in [0.4, 0.5) is 0 Å². The molecule has 3 aliphatic rings. The number of carboxylic acid groups (broad SMARTS) is 1. The van der Waals surface area contributed by atoms with Crippen LogP contribution in [-0.2, 0) is 43.2 Å². The van der Waals surface area contributed by atoms with Crippen molar-refractivity contribution >= 4 is 71.8 Å². The molecule has 3 rings (SSSR count). The first-order chi connectivity index (χ1) is 28.8. The number of carboxylic acids is 1. The molecule has 0 radical (unpaired) electrons. The highest BCUT2D eigenvalue weighted by Crippen LogP contribution is 2.24. The molecule has 11 N–H and O–H groups in total. The van der Waals surface area contributed by atoms with E-state index in [1.165, 1.54) is 16.7 Å². The van der Waals surface area contributed by atoms with Crippen molar-refractivity contribution in [2.45, 2.75) is 147 Å². The van der Waals surface area contributed by atoms with Gasteiger partial charge in [-0.25, -0.2) is 0 Å². The summed E-state index contributed by atoms with van der Waals surface area (Å²) in [4.78, 5) is 129. The third-order valence-corrected chi connectivity index (χ3v) is 11.6. The highest BCUT2D eigenvalue weighted by molar-refractivity contribution is 7.80. The summed E-state index contributed by atoms with van der Waals surface area (Å²) in [5.74, 6) is -7.68. The average Bonchev–Trinajstić information content (AvgIpc) is 3.91. The van der Waals surface area contributed by atoms with Gasteiger partial charge in [0.05, 0.1) is 0 Å². The van der Waals surface area contributed by atoms with Gasteiger partial charge in [0, 0.05) is 31.8 Å². The van der Waals surface area contributed by atoms with Gasteiger partial charge in [0.15, 0.2) is 5.96 Å². The summed E-state index contributed by atoms with van der Waals surface area (Å²) in [6.07, 6.45) is 1.32. The number of rotatable bonds is 12. The standard InChI is InChI=1S/C39H65N11O10S/c1-6-21(4)30-38(60)50-17-9-11-27(50)35(57)45-24(13-14-29(51)52)32(54)43-22(5)31(53)44-23(10-7-15-42-39(40)41)33(55)46-25(18-20(2)3)34(56)47-26(19-61)37(59)49-16-8-12-28(49)36(58)48-30/h20-28,30,61H,6-19H2,1-5H3,(H,43,54)(H,44,53)(H,45,57)(H,46,55)(H,47,56)(H,48,58)(H,51,52)(H4,40,41,42)/t21-,22+,23+,24-,25-,26+,27-,28-,30-/m0/s1. The SMILES string of the molecule is CC[C@H](C)[C@@H]1NC(=O)[C@@H]2CCCN2C(=O)[C@@H](CS)NC(=O)[C@H](CC(C)C)NC(=O)[C@@H](CCCN=C(N)N)NC(=O)[C@@H](C)NC(=O)[C@H](CCC(=O)O)NC(=O)[C@@H]2CCCN2C1=O. The van der Waals surface area contributed by atoms with E-state index < -0.39 is 114 Å². The van der Waals surface area contributed by atoms with Gasteiger partial charge in [0.1, 0.15) is 48.3 Å². The number of hydrogen-bond donors (Lipinski definition) is 10. The van der Waals surface area contributed by atoms with E-state index in [0.29, 0.717) is 19.3 Å². The lowest BCUT2D eigenvalue weighted by molar-refractivity contribution is -0.145. The third-order valence-electron chi connectivity index (χ3n) is 11.2. The molecule has 0 aliphatic carbocycles. The van der Waals surface area contributed by atoms with E-state index in [9.17, 15) is 48.3 Å². The number of thiol groups is 1. The minimum Gasteiger partial charge on any atom is -0.481 e. The Morgan fingerprint density at radius 2 is 1.25 bits per heavy atom. The molecule has 8 amide bonds. The highest BCUT2D eigenvalue weighted by atomic mass is 32.1. The van der Waals surface area contributed by atoms with Gasteiger partial charge in [-0.15, -0.1) is 0 Å². The first-order valence-corrected chi connectivity index (χ1v) is 21.7. The molecule has 0 aromatic rings. The molecule has 0 aromatic carbocycles. The molecule has 342 valence electrons. The Morgan fingerprint density at radius 1 is 0.738 bits per heavy atom. The number of aliphatic carboxylic acids is 1. The summed E-state index contributed by atoms with van der Waals surface area (Å²) in [6, 6.07) is -9.54. The Kier molecular flexibility index (Phi) is 19.5. The van der Waals surface area contributed by atoms with Crippen LogP contribution in [0.25, 0.3) is 0 Å². The molecule has 0 aromatic heterocycles. The van der Waals surface area contributed by atoms with Crippen molar-refractivity contribution < 1.29 is 48.3 Å². The van der Waals surface area contributed by atoms with Gasteiger partial charge >= 0.3 is 5.97 Å². The van der Waals surface area contributed by atoms with Gasteiger partial charge in [-0.05, 0) is 70.1 Å². The van der Waals surface area contributed by atoms with Crippen LogP contribution in [0, 0.1) is 11.8 Å². The monoisotopic (exact) mass is 879 g/mol. The Bertz CT molecular complexity index is 1660. The van der Waals surface area contributed by atoms with Crippen molar-refractivity contribution in [3.05, 3.63) is 0 Å². The lowest BCUT2D eigenvalue weighted by atomic mass is 9.96. The van der Waals surface area contributed by atoms with E-state index >= 15 is 0 Å². The Morgan fingerprint density at radius 3 is 1.80 bits per heavy atom. The zero-order valence-electron chi connectivity index (χ0n) is 35.7. The molecule has 3 heterocycles. The van der Waals surface area contributed by atoms with Gasteiger partial charge in [0.2, 0.25) is 47.3 Å². The second-order valence-corrected chi connectivity index (χ2v) is 16.8. The maximum Gasteiger partial charge on any atom is 0.303 e. The second-order valence-electron chi connectivity index (χ2n) is 16.4. The molecule has 0 bridgehead atoms. The summed E-state index contributed by atoms with van der Waals surface area (Å²) in [5.41, 5.74) is 10.9. The van der Waals surface area contributed by atoms with Crippen LogP contribution in [-0.4, -0.2) is 148 Å². The maximum absolute atomic E-state index is 14.3. The van der Waals surface area contributed by atoms with Gasteiger partial charge in [-0.3, -0.25) is 48.1 Å². The molecule has 9 atom stereocenters. The number of guanidine groups is 1. The fourth-order valence-electron chi connectivity index (χ4n) is 7.60. The maximum atomic E-state index is 14.3. The first-order valence-electron chi connectivity index (χ1n) is 21.1. The molecular weight excluding hydrogens is 815 g/mol. The third kappa shape index (κ3) is 14.5. The van der Waals surface area contributed by atoms with Gasteiger partial charge < -0.3 is 58.3 Å². The molecule has 0 unspecified atom stereocenters. The van der Waals surface area contributed by atoms with Gasteiger partial charge in [-0.1, -0.05) is 34.1 Å². The van der Waals surface area contributed by atoms with Crippen molar-refractivity contribution in [2.75, 3.05) is 25.4 Å². The topological polar surface area (TPSA) is 317 Å². The van der Waals surface area contributed by atoms with Crippen molar-refractivity contribution in [1.29, 1.82) is 0 Å². The van der Waals surface area contributed by atoms with Crippen LogP contribution < -0.4 is 43.4 Å². The number of carbonyl (C=O) groups excluding carboxylic acids is 8. The van der Waals surface area contributed by atoms with Crippen LogP contribution in [0.2, 0.25) is 0 Å². The molecule has 61 heavy (non-hydrogen) atoms. The number of nitrogens with two attached hydrogens (primary N) is 2. The van der Waals surface area contributed by atoms with E-state index in [1.807, 2.05) is 20.8 Å². The zero-order valence-corrected chi connectivity index (χ0v) is 36.6. The van der Waals surface area contributed by atoms with Crippen LogP contribution in [0.3, 0.4) is 0 Å². The number of nitrogens with one attached hydrogen (secondary N) is 6. The lowest BCUT2D eigenvalue weighted by Crippen LogP contribution is -2.61. The molecule has 3 saturated heterocycles. The Hall–Kier alpha value is -5.15. The van der Waals surface area contributed by atoms with Crippen molar-refractivity contribution in [1.82, 2.24) is 41.7 Å². The fourth-order valence-corrected chi connectivity index (χ4v) is 7.85. The quantitative estimate of drug-likeness (QED) is 0.0435. The zero-order chi connectivity index (χ0) is 45.6. The summed E-state index contributed by atoms with van der Waals surface area (Å²) < 4.78 is 0. The first kappa shape index (κ1) is 50.2. The molecular formula is C39H65N11O10S. The minimum absolute atomic E-state index is 0.00695. The smallest absolute Gasteiger partial charge is 0.303 e. The van der Waals surface area contributed by atoms with Crippen LogP contribution in [0.5, 0.6) is 0 Å². The Balaban J connectivity index is 2.08. The van der Waals surface area contributed by atoms with Crippen LogP contribution >= 0.6 is 12.6 Å². The van der Waals surface area contributed by atoms with Crippen LogP contribution in [0.15, 0.2) is 4.99 Å². The number of amides is 8. The van der Waals surface area contributed by atoms with Gasteiger partial charge in [-0.2, -0.15) is 12.6 Å². The van der Waals surface area contributed by atoms with E-state index in [4.69, 9.17) is 11.5 Å². The molecule has 0 spiro atoms. The minimum atomic E-state index is -1.44. The van der Waals surface area contributed by atoms with E-state index in [1.54, 1.807) is 6.92 Å². The second kappa shape index (κ2) is 23.7. The van der Waals surface area contributed by atoms with E-state index in [0.717, 1.165) is 0 Å². The summed E-state index contributed by atoms with van der Waals surface area (Å²) in [5, 5.41) is 25.4. The van der Waals surface area contributed by atoms with E-state index in [2.05, 4.69) is 49.5 Å². The van der Waals surface area contributed by atoms with Gasteiger partial charge in [0.25, 0.3) is 0 Å². The molecule has 0 saturated carbocycles. The molecule has 22 heteroatoms. The highest BCUT2D eigenvalue weighted by Gasteiger charge is 2.43. The number of aliphatic imine (C=N–C) groups is 1. The summed E-state index contributed by atoms with van der Waals surface area (Å²) in [7, 11) is 0. The number of fused-ring (bicyclic) bond motifs is 2. The Labute approximate surface area is 361 Å². The van der Waals surface area contributed by atoms with Crippen molar-refractivity contribution in [3.8, 4) is 0 Å². The number of nitrogens with zero attached hydrogens (tertiary/aromatic N) is 3. The average molecular weight is 880 g/mol. The number of hydrogen-bond acceptors (Lipinski definition) is 11. The summed E-state index contributed by atoms with van der Waals surface area (Å²) in [6.45, 7) is 9.05. The number of carbonyl (C=O) groups is 9. The molecule has 21 nitrogen and oxygen atoms in total. The molecule has 3 aliphatic heterocycles. The van der Waals surface area contributed by atoms with E-state index in [-0.39, 0.29) is 75.8 Å². The lowest BCUT2D eigenvalue weighted by Gasteiger charge is -2.34. The largest absolute Gasteiger partial charge is 0.481 e. The predicted molar refractivity (Wildman–Crippen MR) is 226 cm³/mol. The predicted octanol–water partition coefficient (Wildman–Crippen LogP) is -2.15. The normalized spacial score (nSPS) is 28.3. The van der Waals surface area contributed by atoms with Crippen molar-refractivity contribution in [2.24, 2.45) is 28.3 Å². The summed E-state index contributed by atoms with van der Waals surface area (Å²) >= 11 is 4.35.